The number of rotatable bonds is 4. The van der Waals surface area contributed by atoms with Gasteiger partial charge in [0.15, 0.2) is 0 Å². The number of anilines is 1. The van der Waals surface area contributed by atoms with Gasteiger partial charge in [-0.15, -0.1) is 0 Å². The third-order valence-corrected chi connectivity index (χ3v) is 5.71. The molecule has 0 saturated carbocycles. The number of aromatic nitrogens is 2. The Bertz CT molecular complexity index is 825. The number of morpholine rings is 1. The molecule has 0 spiro atoms. The van der Waals surface area contributed by atoms with Crippen molar-refractivity contribution in [3.8, 4) is 11.3 Å². The fraction of sp³-hybridized carbons (Fsp3) is 0.500. The van der Waals surface area contributed by atoms with Crippen LogP contribution in [0.3, 0.4) is 0 Å². The van der Waals surface area contributed by atoms with Gasteiger partial charge in [0, 0.05) is 56.4 Å². The van der Waals surface area contributed by atoms with Crippen LogP contribution < -0.4 is 4.90 Å². The number of nitrogens with zero attached hydrogens (tertiary/aromatic N) is 5. The molecule has 1 aromatic carbocycles. The maximum Gasteiger partial charge on any atom is 0.254 e. The van der Waals surface area contributed by atoms with Gasteiger partial charge in [-0.1, -0.05) is 12.1 Å². The van der Waals surface area contributed by atoms with Gasteiger partial charge in [-0.2, -0.15) is 0 Å². The lowest BCUT2D eigenvalue weighted by Gasteiger charge is -2.37. The van der Waals surface area contributed by atoms with E-state index in [1.54, 1.807) is 0 Å². The molecule has 2 saturated heterocycles. The number of carbonyl (C=O) groups excluding carboxylic acids is 1. The molecule has 0 unspecified atom stereocenters. The summed E-state index contributed by atoms with van der Waals surface area (Å²) >= 11 is 0. The van der Waals surface area contributed by atoms with Crippen molar-refractivity contribution in [2.75, 3.05) is 57.4 Å². The fourth-order valence-electron chi connectivity index (χ4n) is 3.86. The molecular weight excluding hydrogens is 366 g/mol. The second-order valence-corrected chi connectivity index (χ2v) is 7.86. The molecule has 2 aromatic rings. The van der Waals surface area contributed by atoms with Crippen LogP contribution in [-0.4, -0.2) is 84.2 Å². The Morgan fingerprint density at radius 3 is 2.41 bits per heavy atom. The lowest BCUT2D eigenvalue weighted by molar-refractivity contribution is 0.0303. The summed E-state index contributed by atoms with van der Waals surface area (Å²) in [5.74, 6) is 0.959. The number of carbonyl (C=O) groups is 1. The van der Waals surface area contributed by atoms with E-state index >= 15 is 0 Å². The zero-order valence-electron chi connectivity index (χ0n) is 17.3. The van der Waals surface area contributed by atoms with Crippen molar-refractivity contribution in [2.45, 2.75) is 19.9 Å². The zero-order chi connectivity index (χ0) is 20.2. The molecule has 2 aliphatic heterocycles. The van der Waals surface area contributed by atoms with Gasteiger partial charge in [-0.05, 0) is 26.0 Å². The molecule has 0 N–H and O–H groups in total. The van der Waals surface area contributed by atoms with Gasteiger partial charge in [-0.25, -0.2) is 4.98 Å². The smallest absolute Gasteiger partial charge is 0.254 e. The normalized spacial score (nSPS) is 18.3. The van der Waals surface area contributed by atoms with E-state index in [0.29, 0.717) is 37.9 Å². The Morgan fingerprint density at radius 1 is 1.00 bits per heavy atom. The molecule has 154 valence electrons. The van der Waals surface area contributed by atoms with Gasteiger partial charge in [0.25, 0.3) is 5.91 Å². The van der Waals surface area contributed by atoms with Crippen LogP contribution in [0.5, 0.6) is 0 Å². The van der Waals surface area contributed by atoms with Gasteiger partial charge >= 0.3 is 0 Å². The molecule has 2 aliphatic rings. The number of benzene rings is 1. The van der Waals surface area contributed by atoms with Gasteiger partial charge in [-0.3, -0.25) is 14.7 Å². The van der Waals surface area contributed by atoms with Gasteiger partial charge in [0.1, 0.15) is 5.82 Å². The molecule has 1 aromatic heterocycles. The van der Waals surface area contributed by atoms with Crippen LogP contribution in [0.1, 0.15) is 24.2 Å². The third-order valence-electron chi connectivity index (χ3n) is 5.71. The van der Waals surface area contributed by atoms with Crippen LogP contribution in [0.25, 0.3) is 11.3 Å². The Morgan fingerprint density at radius 2 is 1.76 bits per heavy atom. The summed E-state index contributed by atoms with van der Waals surface area (Å²) in [4.78, 5) is 28.6. The second kappa shape index (κ2) is 8.88. The Kier molecular flexibility index (Phi) is 6.06. The first-order chi connectivity index (χ1) is 14.1. The average Bonchev–Trinajstić information content (AvgIpc) is 2.79. The first-order valence-corrected chi connectivity index (χ1v) is 10.4. The second-order valence-electron chi connectivity index (χ2n) is 7.86. The van der Waals surface area contributed by atoms with E-state index < -0.39 is 0 Å². The Labute approximate surface area is 172 Å². The van der Waals surface area contributed by atoms with Crippen LogP contribution in [-0.2, 0) is 4.74 Å². The molecule has 0 atom stereocenters. The predicted octanol–water partition coefficient (Wildman–Crippen LogP) is 2.15. The van der Waals surface area contributed by atoms with Crippen LogP contribution in [0.4, 0.5) is 5.82 Å². The highest BCUT2D eigenvalue weighted by atomic mass is 16.5. The highest BCUT2D eigenvalue weighted by molar-refractivity contribution is 5.95. The first-order valence-electron chi connectivity index (χ1n) is 10.4. The van der Waals surface area contributed by atoms with Gasteiger partial charge < -0.3 is 14.5 Å². The highest BCUT2D eigenvalue weighted by Crippen LogP contribution is 2.21. The van der Waals surface area contributed by atoms with E-state index in [1.165, 1.54) is 0 Å². The van der Waals surface area contributed by atoms with E-state index in [-0.39, 0.29) is 5.91 Å². The molecule has 0 aliphatic carbocycles. The molecule has 29 heavy (non-hydrogen) atoms. The molecule has 2 fully saturated rings. The summed E-state index contributed by atoms with van der Waals surface area (Å²) < 4.78 is 5.34. The van der Waals surface area contributed by atoms with E-state index in [4.69, 9.17) is 4.74 Å². The third kappa shape index (κ3) is 4.57. The average molecular weight is 396 g/mol. The highest BCUT2D eigenvalue weighted by Gasteiger charge is 2.21. The molecule has 7 nitrogen and oxygen atoms in total. The van der Waals surface area contributed by atoms with E-state index in [0.717, 1.165) is 43.3 Å². The van der Waals surface area contributed by atoms with Crippen LogP contribution in [0, 0.1) is 0 Å². The lowest BCUT2D eigenvalue weighted by Crippen LogP contribution is -2.49. The zero-order valence-corrected chi connectivity index (χ0v) is 17.3. The van der Waals surface area contributed by atoms with Crippen molar-refractivity contribution < 1.29 is 9.53 Å². The topological polar surface area (TPSA) is 61.8 Å². The van der Waals surface area contributed by atoms with E-state index in [2.05, 4.69) is 33.6 Å². The van der Waals surface area contributed by atoms with Gasteiger partial charge in [0.05, 0.1) is 31.3 Å². The van der Waals surface area contributed by atoms with E-state index in [1.807, 2.05) is 41.6 Å². The molecule has 1 amide bonds. The summed E-state index contributed by atoms with van der Waals surface area (Å²) in [7, 11) is 0. The standard InChI is InChI=1S/C22H29N5O2/c1-17(2)25-6-8-26(9-7-25)21-16-23-20(15-24-21)18-4-3-5-19(14-18)22(28)27-10-12-29-13-11-27/h3-5,14-17H,6-13H2,1-2H3. The molecule has 3 heterocycles. The molecule has 0 radical (unpaired) electrons. The number of hydrogen-bond donors (Lipinski definition) is 0. The quantitative estimate of drug-likeness (QED) is 0.791. The summed E-state index contributed by atoms with van der Waals surface area (Å²) in [6, 6.07) is 8.23. The fourth-order valence-corrected chi connectivity index (χ4v) is 3.86. The number of hydrogen-bond acceptors (Lipinski definition) is 6. The van der Waals surface area contributed by atoms with Crippen LogP contribution in [0.2, 0.25) is 0 Å². The number of piperazine rings is 1. The maximum atomic E-state index is 12.7. The molecule has 7 heteroatoms. The van der Waals surface area contributed by atoms with Crippen molar-refractivity contribution in [2.24, 2.45) is 0 Å². The van der Waals surface area contributed by atoms with Crippen molar-refractivity contribution >= 4 is 11.7 Å². The van der Waals surface area contributed by atoms with Gasteiger partial charge in [0.2, 0.25) is 0 Å². The van der Waals surface area contributed by atoms with Crippen molar-refractivity contribution in [1.29, 1.82) is 0 Å². The molecule has 0 bridgehead atoms. The summed E-state index contributed by atoms with van der Waals surface area (Å²) in [5.41, 5.74) is 2.37. The lowest BCUT2D eigenvalue weighted by atomic mass is 10.1. The van der Waals surface area contributed by atoms with Crippen LogP contribution >= 0.6 is 0 Å². The minimum atomic E-state index is 0.0442. The maximum absolute atomic E-state index is 12.7. The molecule has 4 rings (SSSR count). The minimum absolute atomic E-state index is 0.0442. The SMILES string of the molecule is CC(C)N1CCN(c2cnc(-c3cccc(C(=O)N4CCOCC4)c3)cn2)CC1. The van der Waals surface area contributed by atoms with Crippen LogP contribution in [0.15, 0.2) is 36.7 Å². The Hall–Kier alpha value is -2.51. The van der Waals surface area contributed by atoms with Crippen molar-refractivity contribution in [1.82, 2.24) is 19.8 Å². The monoisotopic (exact) mass is 395 g/mol. The predicted molar refractivity (Wildman–Crippen MR) is 113 cm³/mol. The summed E-state index contributed by atoms with van der Waals surface area (Å²) in [5, 5.41) is 0. The summed E-state index contributed by atoms with van der Waals surface area (Å²) in [6.07, 6.45) is 3.65. The Balaban J connectivity index is 1.45. The van der Waals surface area contributed by atoms with E-state index in [9.17, 15) is 4.79 Å². The molecular formula is C22H29N5O2. The summed E-state index contributed by atoms with van der Waals surface area (Å²) in [6.45, 7) is 11.0. The van der Waals surface area contributed by atoms with Crippen molar-refractivity contribution in [3.05, 3.63) is 42.2 Å². The minimum Gasteiger partial charge on any atom is -0.378 e. The van der Waals surface area contributed by atoms with Crippen molar-refractivity contribution in [3.63, 3.8) is 0 Å². The first kappa shape index (κ1) is 19.8. The number of amides is 1. The number of ether oxygens (including phenoxy) is 1. The largest absolute Gasteiger partial charge is 0.378 e.